The van der Waals surface area contributed by atoms with Gasteiger partial charge in [0.05, 0.1) is 34.0 Å². The van der Waals surface area contributed by atoms with Gasteiger partial charge in [0.15, 0.2) is 10.9 Å². The van der Waals surface area contributed by atoms with Crippen LogP contribution in [-0.4, -0.2) is 47.8 Å². The van der Waals surface area contributed by atoms with Crippen LogP contribution >= 0.6 is 11.8 Å². The lowest BCUT2D eigenvalue weighted by atomic mass is 10.1. The lowest BCUT2D eigenvalue weighted by Gasteiger charge is -2.12. The third kappa shape index (κ3) is 4.38. The third-order valence-corrected chi connectivity index (χ3v) is 7.07. The summed E-state index contributed by atoms with van der Waals surface area (Å²) >= 11 is 1.27. The molecule has 0 aliphatic carbocycles. The summed E-state index contributed by atoms with van der Waals surface area (Å²) in [6.07, 6.45) is 1.78. The summed E-state index contributed by atoms with van der Waals surface area (Å²) in [6.45, 7) is 9.90. The number of aryl methyl sites for hydroxylation is 2. The van der Waals surface area contributed by atoms with E-state index in [1.165, 1.54) is 11.8 Å². The zero-order chi connectivity index (χ0) is 25.3. The van der Waals surface area contributed by atoms with E-state index in [9.17, 15) is 14.4 Å². The van der Waals surface area contributed by atoms with E-state index in [1.54, 1.807) is 38.3 Å². The van der Waals surface area contributed by atoms with Gasteiger partial charge in [-0.1, -0.05) is 37.2 Å². The molecule has 3 heterocycles. The molecule has 35 heavy (non-hydrogen) atoms. The Bertz CT molecular complexity index is 1480. The molecule has 10 heteroatoms. The van der Waals surface area contributed by atoms with Crippen LogP contribution in [0.5, 0.6) is 0 Å². The van der Waals surface area contributed by atoms with E-state index in [0.29, 0.717) is 50.9 Å². The minimum absolute atomic E-state index is 0.0985. The molecule has 0 aliphatic heterocycles. The molecule has 0 saturated carbocycles. The van der Waals surface area contributed by atoms with E-state index in [-0.39, 0.29) is 17.9 Å². The highest BCUT2D eigenvalue weighted by molar-refractivity contribution is 8.00. The second-order valence-electron chi connectivity index (χ2n) is 8.42. The fourth-order valence-corrected chi connectivity index (χ4v) is 5.16. The molecule has 4 aromatic rings. The van der Waals surface area contributed by atoms with Crippen molar-refractivity contribution in [2.45, 2.75) is 64.4 Å². The van der Waals surface area contributed by atoms with Crippen LogP contribution < -0.4 is 5.56 Å². The number of aromatic amines is 1. The second-order valence-corrected chi connectivity index (χ2v) is 9.72. The molecule has 0 spiro atoms. The van der Waals surface area contributed by atoms with Gasteiger partial charge in [0.25, 0.3) is 5.56 Å². The maximum Gasteiger partial charge on any atom is 0.340 e. The number of unbranched alkanes of at least 4 members (excludes halogenated alkanes) is 1. The van der Waals surface area contributed by atoms with Crippen molar-refractivity contribution in [3.05, 3.63) is 57.1 Å². The Balaban J connectivity index is 1.73. The van der Waals surface area contributed by atoms with Gasteiger partial charge in [-0.25, -0.2) is 4.79 Å². The number of aromatic nitrogens is 5. The molecular weight excluding hydrogens is 466 g/mol. The molecule has 1 N–H and O–H groups in total. The normalized spacial score (nSPS) is 12.4. The van der Waals surface area contributed by atoms with Gasteiger partial charge in [0.1, 0.15) is 0 Å². The fraction of sp³-hybridized carbons (Fsp3) is 0.400. The lowest BCUT2D eigenvalue weighted by Crippen LogP contribution is -2.23. The highest BCUT2D eigenvalue weighted by Gasteiger charge is 2.28. The highest BCUT2D eigenvalue weighted by Crippen LogP contribution is 2.29. The van der Waals surface area contributed by atoms with Crippen molar-refractivity contribution in [2.24, 2.45) is 0 Å². The van der Waals surface area contributed by atoms with Gasteiger partial charge in [-0.15, -0.1) is 10.2 Å². The zero-order valence-electron chi connectivity index (χ0n) is 20.5. The maximum absolute atomic E-state index is 13.4. The molecule has 0 fully saturated rings. The number of ketones is 1. The topological polar surface area (TPSA) is 111 Å². The first-order valence-corrected chi connectivity index (χ1v) is 12.6. The first kappa shape index (κ1) is 24.7. The zero-order valence-corrected chi connectivity index (χ0v) is 21.4. The summed E-state index contributed by atoms with van der Waals surface area (Å²) in [5.41, 5.74) is 2.54. The molecule has 3 aromatic heterocycles. The third-order valence-electron chi connectivity index (χ3n) is 6.03. The largest absolute Gasteiger partial charge is 0.462 e. The van der Waals surface area contributed by atoms with Gasteiger partial charge in [0.2, 0.25) is 5.78 Å². The SMILES string of the molecule is CCCCn1c(=O)c2ccccc2n2c(SC(C)C(=O)c3[nH]c(C)c(C(=O)OCC)c3C)nnc12. The average molecular weight is 496 g/mol. The number of rotatable bonds is 9. The van der Waals surface area contributed by atoms with Crippen molar-refractivity contribution < 1.29 is 14.3 Å². The molecule has 0 bridgehead atoms. The van der Waals surface area contributed by atoms with Crippen LogP contribution in [0.1, 0.15) is 65.7 Å². The molecule has 184 valence electrons. The van der Waals surface area contributed by atoms with Gasteiger partial charge in [-0.2, -0.15) is 0 Å². The first-order chi connectivity index (χ1) is 16.8. The Labute approximate surface area is 206 Å². The van der Waals surface area contributed by atoms with Crippen LogP contribution in [0.25, 0.3) is 16.7 Å². The maximum atomic E-state index is 13.4. The molecule has 1 aromatic carbocycles. The summed E-state index contributed by atoms with van der Waals surface area (Å²) in [5, 5.41) is 9.24. The number of H-pyrrole nitrogens is 1. The van der Waals surface area contributed by atoms with Crippen LogP contribution in [0.15, 0.2) is 34.2 Å². The number of carbonyl (C=O) groups is 2. The number of thioether (sulfide) groups is 1. The number of Topliss-reactive ketones (excluding diaryl/α,β-unsaturated/α-hetero) is 1. The van der Waals surface area contributed by atoms with Gasteiger partial charge in [-0.05, 0) is 51.8 Å². The summed E-state index contributed by atoms with van der Waals surface area (Å²) in [5.74, 6) is -0.148. The number of carbonyl (C=O) groups excluding carboxylic acids is 2. The number of hydrogen-bond acceptors (Lipinski definition) is 7. The molecule has 0 aliphatic rings. The minimum Gasteiger partial charge on any atom is -0.462 e. The molecular formula is C25H29N5O4S. The Morgan fingerprint density at radius 3 is 2.63 bits per heavy atom. The molecule has 1 atom stereocenters. The van der Waals surface area contributed by atoms with Gasteiger partial charge >= 0.3 is 5.97 Å². The van der Waals surface area contributed by atoms with Crippen molar-refractivity contribution in [2.75, 3.05) is 6.61 Å². The van der Waals surface area contributed by atoms with Crippen LogP contribution in [0.2, 0.25) is 0 Å². The van der Waals surface area contributed by atoms with Crippen LogP contribution in [0.4, 0.5) is 0 Å². The predicted molar refractivity (Wildman–Crippen MR) is 136 cm³/mol. The van der Waals surface area contributed by atoms with E-state index in [0.717, 1.165) is 12.8 Å². The van der Waals surface area contributed by atoms with Crippen molar-refractivity contribution in [3.8, 4) is 0 Å². The molecule has 0 amide bonds. The van der Waals surface area contributed by atoms with E-state index in [1.807, 2.05) is 22.6 Å². The van der Waals surface area contributed by atoms with Gasteiger partial charge < -0.3 is 9.72 Å². The van der Waals surface area contributed by atoms with Crippen molar-refractivity contribution in [3.63, 3.8) is 0 Å². The Morgan fingerprint density at radius 2 is 1.91 bits per heavy atom. The summed E-state index contributed by atoms with van der Waals surface area (Å²) in [6, 6.07) is 7.35. The number of ether oxygens (including phenoxy) is 1. The van der Waals surface area contributed by atoms with E-state index >= 15 is 0 Å². The van der Waals surface area contributed by atoms with Crippen LogP contribution in [0.3, 0.4) is 0 Å². The van der Waals surface area contributed by atoms with Crippen LogP contribution in [-0.2, 0) is 11.3 Å². The number of para-hydroxylation sites is 1. The number of hydrogen-bond donors (Lipinski definition) is 1. The summed E-state index contributed by atoms with van der Waals surface area (Å²) < 4.78 is 8.64. The van der Waals surface area contributed by atoms with Crippen molar-refractivity contribution in [1.29, 1.82) is 0 Å². The lowest BCUT2D eigenvalue weighted by molar-refractivity contribution is 0.0525. The Morgan fingerprint density at radius 1 is 1.17 bits per heavy atom. The summed E-state index contributed by atoms with van der Waals surface area (Å²) in [4.78, 5) is 41.9. The van der Waals surface area contributed by atoms with E-state index < -0.39 is 11.2 Å². The standard InChI is InChI=1S/C25H29N5O4S/c1-6-8-13-29-22(32)17-11-9-10-12-18(17)30-24(29)27-28-25(30)35-16(5)21(31)20-14(3)19(15(4)26-20)23(33)34-7-2/h9-12,16,26H,6-8,13H2,1-5H3. The molecule has 4 rings (SSSR count). The van der Waals surface area contributed by atoms with Gasteiger partial charge in [-0.3, -0.25) is 18.6 Å². The predicted octanol–water partition coefficient (Wildman–Crippen LogP) is 4.33. The van der Waals surface area contributed by atoms with Gasteiger partial charge in [0, 0.05) is 12.2 Å². The van der Waals surface area contributed by atoms with Crippen molar-refractivity contribution >= 4 is 40.2 Å². The van der Waals surface area contributed by atoms with E-state index in [2.05, 4.69) is 22.1 Å². The second kappa shape index (κ2) is 10.1. The number of nitrogens with one attached hydrogen (secondary N) is 1. The molecule has 9 nitrogen and oxygen atoms in total. The molecule has 0 radical (unpaired) electrons. The first-order valence-electron chi connectivity index (χ1n) is 11.7. The average Bonchev–Trinajstić information content (AvgIpc) is 3.38. The quantitative estimate of drug-likeness (QED) is 0.209. The number of esters is 1. The monoisotopic (exact) mass is 495 g/mol. The Hall–Kier alpha value is -3.40. The van der Waals surface area contributed by atoms with Crippen molar-refractivity contribution in [1.82, 2.24) is 24.1 Å². The number of nitrogens with zero attached hydrogens (tertiary/aromatic N) is 4. The highest BCUT2D eigenvalue weighted by atomic mass is 32.2. The summed E-state index contributed by atoms with van der Waals surface area (Å²) in [7, 11) is 0. The number of fused-ring (bicyclic) bond motifs is 3. The smallest absolute Gasteiger partial charge is 0.340 e. The van der Waals surface area contributed by atoms with E-state index in [4.69, 9.17) is 4.74 Å². The molecule has 0 saturated heterocycles. The number of benzene rings is 1. The molecule has 1 unspecified atom stereocenters. The van der Waals surface area contributed by atoms with Crippen LogP contribution in [0, 0.1) is 13.8 Å². The Kier molecular flexibility index (Phi) is 7.11. The minimum atomic E-state index is -0.524. The fourth-order valence-electron chi connectivity index (χ4n) is 4.25.